The molecular formula is C21H25NO3. The number of hydrogen-bond donors (Lipinski definition) is 0. The van der Waals surface area contributed by atoms with Gasteiger partial charge in [0.05, 0.1) is 32.0 Å². The van der Waals surface area contributed by atoms with E-state index in [9.17, 15) is 4.79 Å². The van der Waals surface area contributed by atoms with Crippen LogP contribution in [0.1, 0.15) is 24.0 Å². The molecule has 132 valence electrons. The molecule has 25 heavy (non-hydrogen) atoms. The van der Waals surface area contributed by atoms with Crippen LogP contribution in [0, 0.1) is 0 Å². The molecule has 2 unspecified atom stereocenters. The quantitative estimate of drug-likeness (QED) is 0.776. The van der Waals surface area contributed by atoms with Crippen LogP contribution in [0.15, 0.2) is 60.7 Å². The molecule has 1 fully saturated rings. The van der Waals surface area contributed by atoms with Crippen LogP contribution in [0.4, 0.5) is 0 Å². The number of rotatable bonds is 7. The van der Waals surface area contributed by atoms with Crippen LogP contribution < -0.4 is 0 Å². The van der Waals surface area contributed by atoms with Crippen molar-refractivity contribution in [2.45, 2.75) is 38.2 Å². The molecular weight excluding hydrogens is 314 g/mol. The minimum atomic E-state index is -0.0475. The number of likely N-dealkylation sites (tertiary alicyclic amines) is 1. The Morgan fingerprint density at radius 2 is 1.56 bits per heavy atom. The Morgan fingerprint density at radius 1 is 0.960 bits per heavy atom. The number of nitrogens with zero attached hydrogens (tertiary/aromatic N) is 1. The molecule has 0 radical (unpaired) electrons. The monoisotopic (exact) mass is 339 g/mol. The van der Waals surface area contributed by atoms with Crippen molar-refractivity contribution in [2.24, 2.45) is 0 Å². The summed E-state index contributed by atoms with van der Waals surface area (Å²) in [6.07, 6.45) is 1.28. The van der Waals surface area contributed by atoms with Gasteiger partial charge in [-0.3, -0.25) is 4.79 Å². The SMILES string of the molecule is CN1C(=O)CCC(OCc2ccccc2)C1COCc1ccccc1. The molecule has 1 aliphatic heterocycles. The molecule has 2 aromatic carbocycles. The van der Waals surface area contributed by atoms with Gasteiger partial charge in [0.2, 0.25) is 5.91 Å². The van der Waals surface area contributed by atoms with E-state index in [1.165, 1.54) is 0 Å². The van der Waals surface area contributed by atoms with Crippen molar-refractivity contribution >= 4 is 5.91 Å². The third-order valence-electron chi connectivity index (χ3n) is 4.67. The molecule has 0 aliphatic carbocycles. The second-order valence-corrected chi connectivity index (χ2v) is 6.45. The highest BCUT2D eigenvalue weighted by molar-refractivity contribution is 5.77. The first-order chi connectivity index (χ1) is 12.2. The number of amides is 1. The maximum Gasteiger partial charge on any atom is 0.222 e. The zero-order chi connectivity index (χ0) is 17.5. The summed E-state index contributed by atoms with van der Waals surface area (Å²) in [4.78, 5) is 13.9. The molecule has 0 bridgehead atoms. The van der Waals surface area contributed by atoms with Gasteiger partial charge in [0, 0.05) is 13.5 Å². The van der Waals surface area contributed by atoms with Gasteiger partial charge in [-0.15, -0.1) is 0 Å². The van der Waals surface area contributed by atoms with Gasteiger partial charge in [-0.1, -0.05) is 60.7 Å². The summed E-state index contributed by atoms with van der Waals surface area (Å²) in [5.74, 6) is 0.160. The van der Waals surface area contributed by atoms with E-state index in [2.05, 4.69) is 12.1 Å². The van der Waals surface area contributed by atoms with E-state index in [4.69, 9.17) is 9.47 Å². The summed E-state index contributed by atoms with van der Waals surface area (Å²) >= 11 is 0. The third kappa shape index (κ3) is 4.91. The van der Waals surface area contributed by atoms with E-state index in [1.54, 1.807) is 4.90 Å². The van der Waals surface area contributed by atoms with Crippen LogP contribution in [0.25, 0.3) is 0 Å². The van der Waals surface area contributed by atoms with Gasteiger partial charge in [-0.2, -0.15) is 0 Å². The van der Waals surface area contributed by atoms with E-state index >= 15 is 0 Å². The fourth-order valence-corrected chi connectivity index (χ4v) is 3.13. The van der Waals surface area contributed by atoms with Crippen LogP contribution in [-0.2, 0) is 27.5 Å². The third-order valence-corrected chi connectivity index (χ3v) is 4.67. The molecule has 0 N–H and O–H groups in total. The summed E-state index contributed by atoms with van der Waals surface area (Å²) in [6.45, 7) is 1.59. The first kappa shape index (κ1) is 17.6. The fraction of sp³-hybridized carbons (Fsp3) is 0.381. The van der Waals surface area contributed by atoms with E-state index in [0.717, 1.165) is 17.5 Å². The van der Waals surface area contributed by atoms with Crippen LogP contribution in [0.3, 0.4) is 0 Å². The maximum absolute atomic E-state index is 12.1. The Morgan fingerprint density at radius 3 is 2.20 bits per heavy atom. The second-order valence-electron chi connectivity index (χ2n) is 6.45. The Balaban J connectivity index is 1.56. The molecule has 1 heterocycles. The van der Waals surface area contributed by atoms with Crippen LogP contribution >= 0.6 is 0 Å². The van der Waals surface area contributed by atoms with Gasteiger partial charge in [-0.05, 0) is 17.5 Å². The lowest BCUT2D eigenvalue weighted by molar-refractivity contribution is -0.147. The van der Waals surface area contributed by atoms with Crippen LogP contribution in [-0.4, -0.2) is 36.6 Å². The number of hydrogen-bond acceptors (Lipinski definition) is 3. The lowest BCUT2D eigenvalue weighted by atomic mass is 9.99. The molecule has 1 amide bonds. The Hall–Kier alpha value is -2.17. The average molecular weight is 339 g/mol. The molecule has 1 aliphatic rings. The minimum Gasteiger partial charge on any atom is -0.375 e. The molecule has 0 aromatic heterocycles. The van der Waals surface area contributed by atoms with Gasteiger partial charge in [-0.25, -0.2) is 0 Å². The lowest BCUT2D eigenvalue weighted by Gasteiger charge is -2.38. The molecule has 4 heteroatoms. The van der Waals surface area contributed by atoms with Crippen molar-refractivity contribution in [2.75, 3.05) is 13.7 Å². The van der Waals surface area contributed by atoms with Crippen LogP contribution in [0.5, 0.6) is 0 Å². The first-order valence-corrected chi connectivity index (χ1v) is 8.77. The van der Waals surface area contributed by atoms with Crippen molar-refractivity contribution < 1.29 is 14.3 Å². The van der Waals surface area contributed by atoms with Crippen molar-refractivity contribution in [1.29, 1.82) is 0 Å². The molecule has 3 rings (SSSR count). The summed E-state index contributed by atoms with van der Waals surface area (Å²) < 4.78 is 12.0. The number of ether oxygens (including phenoxy) is 2. The fourth-order valence-electron chi connectivity index (χ4n) is 3.13. The zero-order valence-electron chi connectivity index (χ0n) is 14.6. The predicted octanol–water partition coefficient (Wildman–Crippen LogP) is 3.41. The van der Waals surface area contributed by atoms with Crippen molar-refractivity contribution in [3.63, 3.8) is 0 Å². The normalized spacial score (nSPS) is 20.7. The van der Waals surface area contributed by atoms with E-state index < -0.39 is 0 Å². The highest BCUT2D eigenvalue weighted by Crippen LogP contribution is 2.22. The number of carbonyl (C=O) groups excluding carboxylic acids is 1. The Labute approximate surface area is 149 Å². The standard InChI is InChI=1S/C21H25NO3/c1-22-19(16-24-14-17-8-4-2-5-9-17)20(12-13-21(22)23)25-15-18-10-6-3-7-11-18/h2-11,19-20H,12-16H2,1H3. The highest BCUT2D eigenvalue weighted by atomic mass is 16.5. The number of benzene rings is 2. The Bertz CT molecular complexity index is 659. The number of piperidine rings is 1. The van der Waals surface area contributed by atoms with Gasteiger partial charge in [0.15, 0.2) is 0 Å². The topological polar surface area (TPSA) is 38.8 Å². The average Bonchev–Trinajstić information content (AvgIpc) is 2.66. The van der Waals surface area contributed by atoms with Gasteiger partial charge >= 0.3 is 0 Å². The molecule has 0 saturated carbocycles. The van der Waals surface area contributed by atoms with E-state index in [-0.39, 0.29) is 18.1 Å². The maximum atomic E-state index is 12.1. The summed E-state index contributed by atoms with van der Waals surface area (Å²) in [6, 6.07) is 20.2. The van der Waals surface area contributed by atoms with Gasteiger partial charge < -0.3 is 14.4 Å². The number of likely N-dealkylation sites (N-methyl/N-ethyl adjacent to an activating group) is 1. The van der Waals surface area contributed by atoms with Crippen LogP contribution in [0.2, 0.25) is 0 Å². The smallest absolute Gasteiger partial charge is 0.222 e. The summed E-state index contributed by atoms with van der Waals surface area (Å²) in [7, 11) is 1.84. The summed E-state index contributed by atoms with van der Waals surface area (Å²) in [5, 5.41) is 0. The molecule has 0 spiro atoms. The number of carbonyl (C=O) groups is 1. The van der Waals surface area contributed by atoms with Crippen molar-refractivity contribution in [3.8, 4) is 0 Å². The van der Waals surface area contributed by atoms with Gasteiger partial charge in [0.25, 0.3) is 0 Å². The lowest BCUT2D eigenvalue weighted by Crippen LogP contribution is -2.52. The highest BCUT2D eigenvalue weighted by Gasteiger charge is 2.34. The van der Waals surface area contributed by atoms with Crippen molar-refractivity contribution in [3.05, 3.63) is 71.8 Å². The van der Waals surface area contributed by atoms with Crippen molar-refractivity contribution in [1.82, 2.24) is 4.90 Å². The zero-order valence-corrected chi connectivity index (χ0v) is 14.6. The molecule has 2 atom stereocenters. The van der Waals surface area contributed by atoms with Gasteiger partial charge in [0.1, 0.15) is 0 Å². The van der Waals surface area contributed by atoms with E-state index in [1.807, 2.05) is 55.6 Å². The molecule has 2 aromatic rings. The molecule has 4 nitrogen and oxygen atoms in total. The minimum absolute atomic E-state index is 0.00122. The Kier molecular flexibility index (Phi) is 6.20. The first-order valence-electron chi connectivity index (χ1n) is 8.77. The second kappa shape index (κ2) is 8.79. The predicted molar refractivity (Wildman–Crippen MR) is 96.9 cm³/mol. The summed E-state index contributed by atoms with van der Waals surface area (Å²) in [5.41, 5.74) is 2.28. The molecule has 1 saturated heterocycles. The van der Waals surface area contributed by atoms with E-state index in [0.29, 0.717) is 26.2 Å². The largest absolute Gasteiger partial charge is 0.375 e.